The van der Waals surface area contributed by atoms with Gasteiger partial charge in [-0.3, -0.25) is 4.79 Å². The number of carbonyl (C=O) groups excluding carboxylic acids is 1. The lowest BCUT2D eigenvalue weighted by Crippen LogP contribution is -2.66. The number of aliphatic hydroxyl groups excluding tert-OH is 11. The highest BCUT2D eigenvalue weighted by molar-refractivity contribution is 5.76. The van der Waals surface area contributed by atoms with Crippen LogP contribution >= 0.6 is 0 Å². The van der Waals surface area contributed by atoms with Gasteiger partial charge in [-0.1, -0.05) is 262 Å². The normalized spacial score (nSPS) is 27.6. The molecule has 0 spiro atoms. The lowest BCUT2D eigenvalue weighted by Gasteiger charge is -2.48. The molecule has 3 aliphatic rings. The number of carbonyl (C=O) groups is 1. The molecule has 3 fully saturated rings. The Balaban J connectivity index is 1.41. The molecule has 0 aromatic rings. The van der Waals surface area contributed by atoms with Gasteiger partial charge in [0.25, 0.3) is 0 Å². The lowest BCUT2D eigenvalue weighted by molar-refractivity contribution is -0.379. The van der Waals surface area contributed by atoms with Crippen molar-refractivity contribution in [2.45, 2.75) is 394 Å². The van der Waals surface area contributed by atoms with E-state index < -0.39 is 124 Å². The zero-order valence-electron chi connectivity index (χ0n) is 58.4. The quantitative estimate of drug-likeness (QED) is 0.0199. The molecule has 94 heavy (non-hydrogen) atoms. The van der Waals surface area contributed by atoms with E-state index in [0.717, 1.165) is 57.8 Å². The molecule has 3 aliphatic heterocycles. The van der Waals surface area contributed by atoms with Gasteiger partial charge in [0.2, 0.25) is 5.91 Å². The number of nitrogens with one attached hydrogen (secondary N) is 1. The minimum Gasteiger partial charge on any atom is -0.394 e. The minimum atomic E-state index is -1.98. The van der Waals surface area contributed by atoms with Crippen molar-refractivity contribution in [3.8, 4) is 0 Å². The second kappa shape index (κ2) is 56.5. The van der Waals surface area contributed by atoms with Crippen LogP contribution in [0.15, 0.2) is 48.6 Å². The van der Waals surface area contributed by atoms with Gasteiger partial charge in [0, 0.05) is 6.42 Å². The van der Waals surface area contributed by atoms with Crippen molar-refractivity contribution >= 4 is 5.91 Å². The van der Waals surface area contributed by atoms with Crippen LogP contribution in [-0.4, -0.2) is 193 Å². The van der Waals surface area contributed by atoms with Crippen molar-refractivity contribution in [1.82, 2.24) is 5.32 Å². The molecular formula is C75H137NO18. The Bertz CT molecular complexity index is 1890. The molecule has 19 nitrogen and oxygen atoms in total. The Morgan fingerprint density at radius 1 is 0.372 bits per heavy atom. The molecule has 0 aromatic heterocycles. The van der Waals surface area contributed by atoms with Crippen molar-refractivity contribution < 1.29 is 89.4 Å². The van der Waals surface area contributed by atoms with E-state index in [1.165, 1.54) is 199 Å². The summed E-state index contributed by atoms with van der Waals surface area (Å²) in [6.45, 7) is 1.73. The third-order valence-electron chi connectivity index (χ3n) is 18.8. The van der Waals surface area contributed by atoms with E-state index in [0.29, 0.717) is 12.8 Å². The summed E-state index contributed by atoms with van der Waals surface area (Å²) < 4.78 is 34.4. The molecule has 1 amide bonds. The molecule has 3 saturated heterocycles. The number of hydrogen-bond donors (Lipinski definition) is 12. The van der Waals surface area contributed by atoms with Crippen molar-refractivity contribution in [3.05, 3.63) is 48.6 Å². The summed E-state index contributed by atoms with van der Waals surface area (Å²) in [6, 6.07) is -1.00. The second-order valence-corrected chi connectivity index (χ2v) is 27.1. The van der Waals surface area contributed by atoms with Gasteiger partial charge in [-0.2, -0.15) is 0 Å². The molecule has 0 saturated carbocycles. The van der Waals surface area contributed by atoms with Crippen LogP contribution in [0.3, 0.4) is 0 Å². The van der Waals surface area contributed by atoms with Gasteiger partial charge in [-0.05, 0) is 70.6 Å². The molecule has 0 aliphatic carbocycles. The van der Waals surface area contributed by atoms with Gasteiger partial charge in [0.1, 0.15) is 73.2 Å². The molecule has 3 rings (SSSR count). The summed E-state index contributed by atoms with van der Waals surface area (Å²) in [4.78, 5) is 13.4. The van der Waals surface area contributed by atoms with Crippen LogP contribution in [0.4, 0.5) is 0 Å². The Morgan fingerprint density at radius 2 is 0.681 bits per heavy atom. The molecule has 550 valence electrons. The van der Waals surface area contributed by atoms with Gasteiger partial charge >= 0.3 is 0 Å². The largest absolute Gasteiger partial charge is 0.394 e. The molecule has 0 radical (unpaired) electrons. The lowest BCUT2D eigenvalue weighted by atomic mass is 9.96. The Morgan fingerprint density at radius 3 is 1.06 bits per heavy atom. The molecular weight excluding hydrogens is 1200 g/mol. The summed E-state index contributed by atoms with van der Waals surface area (Å²) in [5.74, 6) is -0.292. The van der Waals surface area contributed by atoms with Crippen LogP contribution in [0.2, 0.25) is 0 Å². The molecule has 3 heterocycles. The van der Waals surface area contributed by atoms with E-state index in [2.05, 4.69) is 55.6 Å². The van der Waals surface area contributed by atoms with E-state index in [9.17, 15) is 61.0 Å². The maximum absolute atomic E-state index is 13.4. The van der Waals surface area contributed by atoms with Crippen molar-refractivity contribution in [2.24, 2.45) is 0 Å². The fraction of sp³-hybridized carbons (Fsp3) is 0.880. The first-order chi connectivity index (χ1) is 45.8. The van der Waals surface area contributed by atoms with E-state index in [1.54, 1.807) is 6.08 Å². The van der Waals surface area contributed by atoms with Crippen LogP contribution < -0.4 is 5.32 Å². The van der Waals surface area contributed by atoms with Gasteiger partial charge < -0.3 is 89.9 Å². The number of allylic oxidation sites excluding steroid dienone is 7. The van der Waals surface area contributed by atoms with Gasteiger partial charge in [0.05, 0.1) is 38.6 Å². The van der Waals surface area contributed by atoms with E-state index in [1.807, 2.05) is 6.08 Å². The third-order valence-corrected chi connectivity index (χ3v) is 18.8. The zero-order chi connectivity index (χ0) is 68.2. The van der Waals surface area contributed by atoms with Crippen molar-refractivity contribution in [1.29, 1.82) is 0 Å². The zero-order valence-corrected chi connectivity index (χ0v) is 58.4. The van der Waals surface area contributed by atoms with Crippen LogP contribution in [0.5, 0.6) is 0 Å². The van der Waals surface area contributed by atoms with E-state index in [-0.39, 0.29) is 18.9 Å². The van der Waals surface area contributed by atoms with Crippen LogP contribution in [0.25, 0.3) is 0 Å². The molecule has 17 unspecified atom stereocenters. The Hall–Kier alpha value is -2.25. The Labute approximate surface area is 567 Å². The minimum absolute atomic E-state index is 0.227. The standard InChI is InChI=1S/C75H137NO18/c1-3-5-7-9-11-13-15-17-19-21-23-24-25-26-27-28-29-30-31-32-33-34-35-36-38-40-42-44-46-48-50-52-59(80)58(76-63(81)53-51-49-47-45-43-41-39-37-22-20-18-16-14-12-10-8-6-4-2)57-89-73-69(87)66(84)71(61(55-78)91-73)94-75-70(88)67(85)72(62(56-79)92-75)93-74-68(86)65(83)64(82)60(54-77)90-74/h20,22,35-36,42,44,50,52,58-62,64-75,77-80,82-88H,3-19,21,23-34,37-41,43,45-49,51,53-57H2,1-2H3,(H,76,81)/b22-20-,36-35+,44-42+,52-50+. The first-order valence-corrected chi connectivity index (χ1v) is 37.9. The van der Waals surface area contributed by atoms with Crippen molar-refractivity contribution in [3.63, 3.8) is 0 Å². The fourth-order valence-electron chi connectivity index (χ4n) is 12.7. The number of amides is 1. The first-order valence-electron chi connectivity index (χ1n) is 37.9. The van der Waals surface area contributed by atoms with Crippen LogP contribution in [0.1, 0.15) is 290 Å². The van der Waals surface area contributed by atoms with Gasteiger partial charge in [-0.25, -0.2) is 0 Å². The van der Waals surface area contributed by atoms with E-state index in [4.69, 9.17) is 28.4 Å². The number of unbranched alkanes of at least 4 members (excludes halogenated alkanes) is 37. The first kappa shape index (κ1) is 86.0. The SMILES string of the molecule is CCCCCCCCC/C=C\CCCCCCCCCC(=O)NC(COC1OC(CO)C(OC2OC(CO)C(OC3OC(CO)C(O)C(O)C3O)C(O)C2O)C(O)C1O)C(O)/C=C/CC/C=C/CC/C=C/CCCCCCCCCCCCCCCCCCCCCCC. The number of ether oxygens (including phenoxy) is 6. The predicted molar refractivity (Wildman–Crippen MR) is 369 cm³/mol. The fourth-order valence-corrected chi connectivity index (χ4v) is 12.7. The topological polar surface area (TPSA) is 307 Å². The third kappa shape index (κ3) is 37.3. The highest BCUT2D eigenvalue weighted by atomic mass is 16.8. The molecule has 0 bridgehead atoms. The maximum atomic E-state index is 13.4. The van der Waals surface area contributed by atoms with Crippen LogP contribution in [-0.2, 0) is 33.2 Å². The van der Waals surface area contributed by atoms with Crippen LogP contribution in [0, 0.1) is 0 Å². The average molecular weight is 1340 g/mol. The van der Waals surface area contributed by atoms with Gasteiger partial charge in [0.15, 0.2) is 18.9 Å². The number of aliphatic hydroxyl groups is 11. The Kier molecular flexibility index (Phi) is 51.7. The second-order valence-electron chi connectivity index (χ2n) is 27.1. The molecule has 19 heteroatoms. The number of hydrogen-bond acceptors (Lipinski definition) is 18. The van der Waals surface area contributed by atoms with Crippen molar-refractivity contribution in [2.75, 3.05) is 26.4 Å². The highest BCUT2D eigenvalue weighted by Crippen LogP contribution is 2.33. The summed E-state index contributed by atoms with van der Waals surface area (Å²) in [6.07, 6.45) is 42.5. The molecule has 17 atom stereocenters. The number of rotatable bonds is 59. The summed E-state index contributed by atoms with van der Waals surface area (Å²) in [5, 5.41) is 121. The maximum Gasteiger partial charge on any atom is 0.220 e. The highest BCUT2D eigenvalue weighted by Gasteiger charge is 2.53. The smallest absolute Gasteiger partial charge is 0.220 e. The predicted octanol–water partition coefficient (Wildman–Crippen LogP) is 11.3. The average Bonchev–Trinajstić information content (AvgIpc) is 0.787. The molecule has 0 aromatic carbocycles. The van der Waals surface area contributed by atoms with E-state index >= 15 is 0 Å². The van der Waals surface area contributed by atoms with Gasteiger partial charge in [-0.15, -0.1) is 0 Å². The summed E-state index contributed by atoms with van der Waals surface area (Å²) in [5.41, 5.74) is 0. The summed E-state index contributed by atoms with van der Waals surface area (Å²) in [7, 11) is 0. The molecule has 12 N–H and O–H groups in total. The monoisotopic (exact) mass is 1340 g/mol. The summed E-state index contributed by atoms with van der Waals surface area (Å²) >= 11 is 0.